The summed E-state index contributed by atoms with van der Waals surface area (Å²) < 4.78 is 0. The van der Waals surface area contributed by atoms with Gasteiger partial charge in [0.1, 0.15) is 0 Å². The molecule has 1 atom stereocenters. The first-order chi connectivity index (χ1) is 5.07. The Morgan fingerprint density at radius 1 is 1.45 bits per heavy atom. The van der Waals surface area contributed by atoms with Crippen LogP contribution in [0.5, 0.6) is 0 Å². The monoisotopic (exact) mass is 172 g/mol. The highest BCUT2D eigenvalue weighted by atomic mass is 32.1. The van der Waals surface area contributed by atoms with Crippen molar-refractivity contribution in [1.82, 2.24) is 4.90 Å². The molecule has 0 aromatic heterocycles. The second-order valence-corrected chi connectivity index (χ2v) is 3.29. The van der Waals surface area contributed by atoms with Gasteiger partial charge in [-0.2, -0.15) is 0 Å². The molecule has 0 aliphatic heterocycles. The lowest BCUT2D eigenvalue weighted by atomic mass is 10.3. The molecule has 0 aliphatic carbocycles. The molecule has 0 aromatic rings. The van der Waals surface area contributed by atoms with Crippen molar-refractivity contribution in [2.75, 3.05) is 13.6 Å². The van der Waals surface area contributed by atoms with Gasteiger partial charge in [-0.05, 0) is 40.0 Å². The van der Waals surface area contributed by atoms with Crippen LogP contribution in [0.3, 0.4) is 0 Å². The maximum atomic E-state index is 4.51. The van der Waals surface area contributed by atoms with Gasteiger partial charge in [0.25, 0.3) is 0 Å². The van der Waals surface area contributed by atoms with E-state index in [9.17, 15) is 0 Å². The molecule has 1 unspecified atom stereocenters. The molecule has 0 aromatic carbocycles. The highest BCUT2D eigenvalue weighted by molar-refractivity contribution is 7.78. The predicted molar refractivity (Wildman–Crippen MR) is 52.3 cm³/mol. The quantitative estimate of drug-likeness (QED) is 0.475. The largest absolute Gasteiger partial charge is 0.302 e. The molecule has 0 fully saturated rings. The molecule has 0 amide bonds. The van der Waals surface area contributed by atoms with Gasteiger partial charge in [-0.3, -0.25) is 0 Å². The van der Waals surface area contributed by atoms with E-state index in [0.717, 1.165) is 6.54 Å². The van der Waals surface area contributed by atoms with Crippen molar-refractivity contribution in [2.24, 2.45) is 4.99 Å². The topological polar surface area (TPSA) is 15.6 Å². The number of hydrogen-bond acceptors (Lipinski definition) is 3. The molecule has 0 spiro atoms. The van der Waals surface area contributed by atoms with Crippen LogP contribution >= 0.6 is 12.2 Å². The Bertz CT molecular complexity index is 150. The molecule has 64 valence electrons. The number of rotatable bonds is 4. The smallest absolute Gasteiger partial charge is 0.0701 e. The first kappa shape index (κ1) is 10.8. The Kier molecular flexibility index (Phi) is 5.30. The van der Waals surface area contributed by atoms with E-state index in [1.54, 1.807) is 0 Å². The van der Waals surface area contributed by atoms with Gasteiger partial charge in [-0.25, -0.2) is 4.99 Å². The fraction of sp³-hybridized carbons (Fsp3) is 0.875. The standard InChI is InChI=1S/C8H16N2S/c1-7(2)10(4)5-8(3)9-6-11/h7-8H,5H2,1-4H3. The minimum absolute atomic E-state index is 0.264. The lowest BCUT2D eigenvalue weighted by Gasteiger charge is -2.22. The number of hydrogen-bond donors (Lipinski definition) is 0. The van der Waals surface area contributed by atoms with Crippen LogP contribution in [0.15, 0.2) is 4.99 Å². The van der Waals surface area contributed by atoms with Gasteiger partial charge in [0.2, 0.25) is 0 Å². The lowest BCUT2D eigenvalue weighted by molar-refractivity contribution is 0.262. The summed E-state index contributed by atoms with van der Waals surface area (Å²) in [4.78, 5) is 6.21. The molecule has 2 nitrogen and oxygen atoms in total. The minimum Gasteiger partial charge on any atom is -0.302 e. The maximum Gasteiger partial charge on any atom is 0.0701 e. The number of nitrogens with zero attached hydrogens (tertiary/aromatic N) is 2. The van der Waals surface area contributed by atoms with Crippen LogP contribution in [-0.4, -0.2) is 35.7 Å². The highest BCUT2D eigenvalue weighted by Gasteiger charge is 2.06. The zero-order valence-electron chi connectivity index (χ0n) is 7.66. The minimum atomic E-state index is 0.264. The van der Waals surface area contributed by atoms with Crippen LogP contribution in [0.2, 0.25) is 0 Å². The summed E-state index contributed by atoms with van der Waals surface area (Å²) in [5, 5.41) is 2.39. The first-order valence-electron chi connectivity index (χ1n) is 3.85. The molecule has 0 bridgehead atoms. The normalized spacial score (nSPS) is 13.3. The van der Waals surface area contributed by atoms with Gasteiger partial charge in [0.15, 0.2) is 0 Å². The average Bonchev–Trinajstić information content (AvgIpc) is 1.87. The molecule has 0 radical (unpaired) electrons. The lowest BCUT2D eigenvalue weighted by Crippen LogP contribution is -2.32. The van der Waals surface area contributed by atoms with Crippen LogP contribution < -0.4 is 0 Å². The number of aliphatic imine (C=N–C) groups is 1. The Morgan fingerprint density at radius 3 is 2.36 bits per heavy atom. The van der Waals surface area contributed by atoms with E-state index in [-0.39, 0.29) is 6.04 Å². The van der Waals surface area contributed by atoms with E-state index < -0.39 is 0 Å². The third-order valence-electron chi connectivity index (χ3n) is 1.71. The predicted octanol–water partition coefficient (Wildman–Crippen LogP) is 1.82. The summed E-state index contributed by atoms with van der Waals surface area (Å²) in [7, 11) is 2.08. The van der Waals surface area contributed by atoms with Crippen molar-refractivity contribution in [3.63, 3.8) is 0 Å². The molecule has 11 heavy (non-hydrogen) atoms. The van der Waals surface area contributed by atoms with E-state index in [4.69, 9.17) is 0 Å². The van der Waals surface area contributed by atoms with Gasteiger partial charge < -0.3 is 4.90 Å². The Labute approximate surface area is 74.3 Å². The second-order valence-electron chi connectivity index (χ2n) is 3.10. The van der Waals surface area contributed by atoms with Crippen molar-refractivity contribution in [3.8, 4) is 0 Å². The summed E-state index contributed by atoms with van der Waals surface area (Å²) in [5.41, 5.74) is 0. The number of thiocarbonyl (C=S) groups is 1. The SMILES string of the molecule is CC(CN(C)C(C)C)N=C=S. The second kappa shape index (κ2) is 5.42. The highest BCUT2D eigenvalue weighted by Crippen LogP contribution is 1.97. The summed E-state index contributed by atoms with van der Waals surface area (Å²) in [6, 6.07) is 0.831. The summed E-state index contributed by atoms with van der Waals surface area (Å²) >= 11 is 4.51. The molecule has 0 N–H and O–H groups in total. The molecular formula is C8H16N2S. The summed E-state index contributed by atoms with van der Waals surface area (Å²) in [5.74, 6) is 0. The van der Waals surface area contributed by atoms with Crippen molar-refractivity contribution >= 4 is 17.4 Å². The molecular weight excluding hydrogens is 156 g/mol. The summed E-state index contributed by atoms with van der Waals surface area (Å²) in [6.07, 6.45) is 0. The van der Waals surface area contributed by atoms with Crippen LogP contribution in [0.4, 0.5) is 0 Å². The van der Waals surface area contributed by atoms with E-state index in [0.29, 0.717) is 6.04 Å². The van der Waals surface area contributed by atoms with Crippen LogP contribution in [0.25, 0.3) is 0 Å². The van der Waals surface area contributed by atoms with Crippen molar-refractivity contribution in [1.29, 1.82) is 0 Å². The zero-order chi connectivity index (χ0) is 8.85. The van der Waals surface area contributed by atoms with Crippen LogP contribution in [0, 0.1) is 0 Å². The zero-order valence-corrected chi connectivity index (χ0v) is 8.48. The van der Waals surface area contributed by atoms with Gasteiger partial charge >= 0.3 is 0 Å². The summed E-state index contributed by atoms with van der Waals surface area (Å²) in [6.45, 7) is 7.31. The fourth-order valence-electron chi connectivity index (χ4n) is 0.758. The van der Waals surface area contributed by atoms with Gasteiger partial charge in [0, 0.05) is 12.6 Å². The molecule has 0 saturated heterocycles. The van der Waals surface area contributed by atoms with E-state index >= 15 is 0 Å². The Morgan fingerprint density at radius 2 is 2.00 bits per heavy atom. The van der Waals surface area contributed by atoms with Gasteiger partial charge in [-0.15, -0.1) is 0 Å². The number of likely N-dealkylation sites (N-methyl/N-ethyl adjacent to an activating group) is 1. The van der Waals surface area contributed by atoms with Crippen LogP contribution in [-0.2, 0) is 0 Å². The molecule has 3 heteroatoms. The maximum absolute atomic E-state index is 4.51. The third kappa shape index (κ3) is 5.08. The molecule has 0 saturated carbocycles. The molecule has 0 rings (SSSR count). The molecule has 0 heterocycles. The molecule has 0 aliphatic rings. The third-order valence-corrected chi connectivity index (χ3v) is 1.81. The Balaban J connectivity index is 3.74. The van der Waals surface area contributed by atoms with E-state index in [1.807, 2.05) is 6.92 Å². The Hall–Kier alpha value is -0.240. The van der Waals surface area contributed by atoms with E-state index in [2.05, 4.69) is 48.2 Å². The first-order valence-corrected chi connectivity index (χ1v) is 4.26. The van der Waals surface area contributed by atoms with Crippen molar-refractivity contribution in [2.45, 2.75) is 32.9 Å². The fourth-order valence-corrected chi connectivity index (χ4v) is 0.938. The van der Waals surface area contributed by atoms with Crippen molar-refractivity contribution in [3.05, 3.63) is 0 Å². The van der Waals surface area contributed by atoms with Crippen molar-refractivity contribution < 1.29 is 0 Å². The number of isothiocyanates is 1. The van der Waals surface area contributed by atoms with E-state index in [1.165, 1.54) is 0 Å². The van der Waals surface area contributed by atoms with Crippen LogP contribution in [0.1, 0.15) is 20.8 Å². The van der Waals surface area contributed by atoms with Gasteiger partial charge in [-0.1, -0.05) is 0 Å². The van der Waals surface area contributed by atoms with Gasteiger partial charge in [0.05, 0.1) is 11.2 Å². The average molecular weight is 172 g/mol.